The highest BCUT2D eigenvalue weighted by Gasteiger charge is 2.37. The smallest absolute Gasteiger partial charge is 0.0481 e. The van der Waals surface area contributed by atoms with E-state index in [4.69, 9.17) is 0 Å². The van der Waals surface area contributed by atoms with Crippen molar-refractivity contribution in [3.05, 3.63) is 35.4 Å². The number of nitrogens with zero attached hydrogens (tertiary/aromatic N) is 1. The van der Waals surface area contributed by atoms with Gasteiger partial charge in [0.05, 0.1) is 0 Å². The minimum atomic E-state index is 0.507. The normalized spacial score (nSPS) is 33.7. The summed E-state index contributed by atoms with van der Waals surface area (Å²) in [6.07, 6.45) is 5.29. The summed E-state index contributed by atoms with van der Waals surface area (Å²) in [4.78, 5) is 2.80. The molecule has 0 bridgehead atoms. The zero-order valence-corrected chi connectivity index (χ0v) is 13.8. The van der Waals surface area contributed by atoms with Gasteiger partial charge in [-0.2, -0.15) is 0 Å². The molecule has 4 unspecified atom stereocenters. The standard InChI is InChI=1S/C19H30N2/c1-4-20-19-17-10-6-5-9-16(17)11-12-18(19)21-13-7-8-14(2)15(21)3/h5-6,9-10,14-15,18-20H,4,7-8,11-13H2,1-3H3. The number of fused-ring (bicyclic) bond motifs is 1. The zero-order valence-electron chi connectivity index (χ0n) is 13.8. The maximum Gasteiger partial charge on any atom is 0.0481 e. The number of likely N-dealkylation sites (tertiary alicyclic amines) is 1. The molecule has 2 nitrogen and oxygen atoms in total. The van der Waals surface area contributed by atoms with E-state index in [0.717, 1.165) is 18.5 Å². The minimum Gasteiger partial charge on any atom is -0.309 e. The van der Waals surface area contributed by atoms with Crippen LogP contribution in [0.15, 0.2) is 24.3 Å². The molecule has 0 aromatic heterocycles. The zero-order chi connectivity index (χ0) is 14.8. The lowest BCUT2D eigenvalue weighted by molar-refractivity contribution is 0.0418. The molecule has 3 rings (SSSR count). The Labute approximate surface area is 129 Å². The first kappa shape index (κ1) is 15.1. The quantitative estimate of drug-likeness (QED) is 0.910. The average Bonchev–Trinajstić information content (AvgIpc) is 2.51. The molecule has 1 N–H and O–H groups in total. The van der Waals surface area contributed by atoms with Crippen molar-refractivity contribution in [2.24, 2.45) is 5.92 Å². The van der Waals surface area contributed by atoms with Gasteiger partial charge in [0.15, 0.2) is 0 Å². The number of hydrogen-bond donors (Lipinski definition) is 1. The Kier molecular flexibility index (Phi) is 4.66. The van der Waals surface area contributed by atoms with Crippen molar-refractivity contribution in [3.63, 3.8) is 0 Å². The average molecular weight is 286 g/mol. The van der Waals surface area contributed by atoms with E-state index in [-0.39, 0.29) is 0 Å². The van der Waals surface area contributed by atoms with Crippen LogP contribution in [0.4, 0.5) is 0 Å². The molecule has 0 radical (unpaired) electrons. The van der Waals surface area contributed by atoms with Crippen LogP contribution in [-0.2, 0) is 6.42 Å². The van der Waals surface area contributed by atoms with Gasteiger partial charge in [-0.3, -0.25) is 4.90 Å². The molecule has 116 valence electrons. The van der Waals surface area contributed by atoms with E-state index in [9.17, 15) is 0 Å². The molecule has 4 atom stereocenters. The van der Waals surface area contributed by atoms with Gasteiger partial charge in [0, 0.05) is 18.1 Å². The van der Waals surface area contributed by atoms with E-state index in [2.05, 4.69) is 55.3 Å². The fourth-order valence-electron chi connectivity index (χ4n) is 4.40. The molecule has 0 spiro atoms. The van der Waals surface area contributed by atoms with Gasteiger partial charge in [-0.1, -0.05) is 38.1 Å². The maximum absolute atomic E-state index is 3.78. The van der Waals surface area contributed by atoms with Gasteiger partial charge >= 0.3 is 0 Å². The molecule has 2 aliphatic rings. The Bertz CT molecular complexity index is 470. The van der Waals surface area contributed by atoms with Gasteiger partial charge in [-0.25, -0.2) is 0 Å². The van der Waals surface area contributed by atoms with Crippen LogP contribution >= 0.6 is 0 Å². The lowest BCUT2D eigenvalue weighted by Crippen LogP contribution is -2.54. The Balaban J connectivity index is 1.88. The van der Waals surface area contributed by atoms with Crippen LogP contribution in [0.1, 0.15) is 57.2 Å². The summed E-state index contributed by atoms with van der Waals surface area (Å²) in [7, 11) is 0. The fraction of sp³-hybridized carbons (Fsp3) is 0.684. The van der Waals surface area contributed by atoms with E-state index in [1.807, 2.05) is 0 Å². The van der Waals surface area contributed by atoms with E-state index in [1.165, 1.54) is 32.2 Å². The third-order valence-electron chi connectivity index (χ3n) is 5.76. The summed E-state index contributed by atoms with van der Waals surface area (Å²) in [5.41, 5.74) is 3.10. The van der Waals surface area contributed by atoms with Gasteiger partial charge in [-0.15, -0.1) is 0 Å². The lowest BCUT2D eigenvalue weighted by atomic mass is 9.80. The second-order valence-corrected chi connectivity index (χ2v) is 6.94. The van der Waals surface area contributed by atoms with Crippen LogP contribution in [0, 0.1) is 5.92 Å². The highest BCUT2D eigenvalue weighted by atomic mass is 15.2. The van der Waals surface area contributed by atoms with Gasteiger partial charge in [0.2, 0.25) is 0 Å². The molecule has 1 saturated heterocycles. The van der Waals surface area contributed by atoms with Crippen LogP contribution in [0.5, 0.6) is 0 Å². The predicted molar refractivity (Wildman–Crippen MR) is 89.5 cm³/mol. The molecule has 21 heavy (non-hydrogen) atoms. The predicted octanol–water partition coefficient (Wildman–Crippen LogP) is 3.77. The van der Waals surface area contributed by atoms with Crippen LogP contribution in [0.3, 0.4) is 0 Å². The first-order valence-electron chi connectivity index (χ1n) is 8.79. The Hall–Kier alpha value is -0.860. The second-order valence-electron chi connectivity index (χ2n) is 6.94. The number of nitrogens with one attached hydrogen (secondary N) is 1. The fourth-order valence-corrected chi connectivity index (χ4v) is 4.40. The molecule has 1 aromatic rings. The van der Waals surface area contributed by atoms with Gasteiger partial charge < -0.3 is 5.32 Å². The number of benzene rings is 1. The Morgan fingerprint density at radius 2 is 2.00 bits per heavy atom. The lowest BCUT2D eigenvalue weighted by Gasteiger charge is -2.48. The van der Waals surface area contributed by atoms with Gasteiger partial charge in [-0.05, 0) is 62.7 Å². The number of rotatable bonds is 3. The monoisotopic (exact) mass is 286 g/mol. The van der Waals surface area contributed by atoms with Crippen LogP contribution in [0.2, 0.25) is 0 Å². The third kappa shape index (κ3) is 2.89. The largest absolute Gasteiger partial charge is 0.309 e. The first-order valence-corrected chi connectivity index (χ1v) is 8.79. The number of likely N-dealkylation sites (N-methyl/N-ethyl adjacent to an activating group) is 1. The highest BCUT2D eigenvalue weighted by molar-refractivity contribution is 5.34. The summed E-state index contributed by atoms with van der Waals surface area (Å²) < 4.78 is 0. The highest BCUT2D eigenvalue weighted by Crippen LogP contribution is 2.36. The second kappa shape index (κ2) is 6.50. The minimum absolute atomic E-state index is 0.507. The van der Waals surface area contributed by atoms with Crippen molar-refractivity contribution in [1.29, 1.82) is 0 Å². The molecule has 0 saturated carbocycles. The summed E-state index contributed by atoms with van der Waals surface area (Å²) in [5.74, 6) is 0.832. The van der Waals surface area contributed by atoms with Crippen LogP contribution in [-0.4, -0.2) is 30.1 Å². The molecule has 1 heterocycles. The molecule has 0 amide bonds. The topological polar surface area (TPSA) is 15.3 Å². The van der Waals surface area contributed by atoms with Gasteiger partial charge in [0.1, 0.15) is 0 Å². The summed E-state index contributed by atoms with van der Waals surface area (Å²) in [6, 6.07) is 10.9. The molecule has 1 aliphatic heterocycles. The van der Waals surface area contributed by atoms with Crippen molar-refractivity contribution in [2.75, 3.05) is 13.1 Å². The maximum atomic E-state index is 3.78. The Morgan fingerprint density at radius 3 is 2.81 bits per heavy atom. The Morgan fingerprint density at radius 1 is 1.19 bits per heavy atom. The van der Waals surface area contributed by atoms with E-state index in [0.29, 0.717) is 12.1 Å². The van der Waals surface area contributed by atoms with Crippen molar-refractivity contribution < 1.29 is 0 Å². The molecular formula is C19H30N2. The molecule has 1 fully saturated rings. The number of aryl methyl sites for hydroxylation is 1. The number of piperidine rings is 1. The van der Waals surface area contributed by atoms with Gasteiger partial charge in [0.25, 0.3) is 0 Å². The summed E-state index contributed by atoms with van der Waals surface area (Å²) in [6.45, 7) is 9.42. The number of hydrogen-bond acceptors (Lipinski definition) is 2. The first-order chi connectivity index (χ1) is 10.2. The molecule has 1 aromatic carbocycles. The molecular weight excluding hydrogens is 256 g/mol. The molecule has 1 aliphatic carbocycles. The SMILES string of the molecule is CCNC1c2ccccc2CCC1N1CCCC(C)C1C. The van der Waals surface area contributed by atoms with E-state index in [1.54, 1.807) is 11.1 Å². The van der Waals surface area contributed by atoms with Crippen LogP contribution < -0.4 is 5.32 Å². The third-order valence-corrected chi connectivity index (χ3v) is 5.76. The summed E-state index contributed by atoms with van der Waals surface area (Å²) >= 11 is 0. The summed E-state index contributed by atoms with van der Waals surface area (Å²) in [5, 5.41) is 3.78. The van der Waals surface area contributed by atoms with Crippen molar-refractivity contribution >= 4 is 0 Å². The van der Waals surface area contributed by atoms with Crippen molar-refractivity contribution in [3.8, 4) is 0 Å². The van der Waals surface area contributed by atoms with E-state index >= 15 is 0 Å². The van der Waals surface area contributed by atoms with Crippen molar-refractivity contribution in [2.45, 2.75) is 64.6 Å². The molecule has 2 heteroatoms. The van der Waals surface area contributed by atoms with E-state index < -0.39 is 0 Å². The van der Waals surface area contributed by atoms with Crippen LogP contribution in [0.25, 0.3) is 0 Å². The van der Waals surface area contributed by atoms with Crippen molar-refractivity contribution in [1.82, 2.24) is 10.2 Å².